The van der Waals surface area contributed by atoms with Gasteiger partial charge in [0, 0.05) is 12.0 Å². The van der Waals surface area contributed by atoms with Crippen LogP contribution in [-0.2, 0) is 6.42 Å². The standard InChI is InChI=1S/C17H18O2/c1-2-3-11-18-16-9-6-10-17-14(16)12-13-7-4-5-8-15(13)19-17/h4-10H,2-3,11-12H2,1H3. The van der Waals surface area contributed by atoms with Crippen LogP contribution in [0.15, 0.2) is 42.5 Å². The minimum atomic E-state index is 0.772. The fourth-order valence-electron chi connectivity index (χ4n) is 2.34. The van der Waals surface area contributed by atoms with Crippen molar-refractivity contribution >= 4 is 0 Å². The Bertz CT molecular complexity index is 575. The molecule has 2 aromatic rings. The molecule has 0 saturated carbocycles. The van der Waals surface area contributed by atoms with E-state index >= 15 is 0 Å². The van der Waals surface area contributed by atoms with Crippen LogP contribution in [0.1, 0.15) is 30.9 Å². The van der Waals surface area contributed by atoms with Crippen LogP contribution in [0.4, 0.5) is 0 Å². The van der Waals surface area contributed by atoms with Crippen LogP contribution in [-0.4, -0.2) is 6.61 Å². The number of para-hydroxylation sites is 1. The molecule has 0 aliphatic carbocycles. The van der Waals surface area contributed by atoms with E-state index < -0.39 is 0 Å². The first-order chi connectivity index (χ1) is 9.38. The first kappa shape index (κ1) is 12.1. The molecule has 0 atom stereocenters. The van der Waals surface area contributed by atoms with Gasteiger partial charge in [-0.15, -0.1) is 0 Å². The first-order valence-corrected chi connectivity index (χ1v) is 6.89. The van der Waals surface area contributed by atoms with Crippen molar-refractivity contribution in [2.45, 2.75) is 26.2 Å². The molecule has 2 heteroatoms. The van der Waals surface area contributed by atoms with E-state index in [1.807, 2.05) is 36.4 Å². The minimum Gasteiger partial charge on any atom is -0.493 e. The number of unbranched alkanes of at least 4 members (excludes halogenated alkanes) is 1. The Morgan fingerprint density at radius 1 is 1.05 bits per heavy atom. The van der Waals surface area contributed by atoms with Crippen molar-refractivity contribution in [3.8, 4) is 17.2 Å². The van der Waals surface area contributed by atoms with Crippen molar-refractivity contribution in [2.24, 2.45) is 0 Å². The Morgan fingerprint density at radius 2 is 1.89 bits per heavy atom. The average Bonchev–Trinajstić information content (AvgIpc) is 2.46. The summed E-state index contributed by atoms with van der Waals surface area (Å²) in [4.78, 5) is 0. The average molecular weight is 254 g/mol. The third-order valence-electron chi connectivity index (χ3n) is 3.41. The SMILES string of the molecule is CCCCOc1cccc2c1Cc1ccccc1O2. The molecule has 0 radical (unpaired) electrons. The van der Waals surface area contributed by atoms with Gasteiger partial charge in [0.25, 0.3) is 0 Å². The largest absolute Gasteiger partial charge is 0.493 e. The second kappa shape index (κ2) is 5.35. The molecule has 3 rings (SSSR count). The topological polar surface area (TPSA) is 18.5 Å². The highest BCUT2D eigenvalue weighted by Crippen LogP contribution is 2.40. The Kier molecular flexibility index (Phi) is 3.41. The molecule has 1 aliphatic heterocycles. The van der Waals surface area contributed by atoms with E-state index in [-0.39, 0.29) is 0 Å². The van der Waals surface area contributed by atoms with Crippen LogP contribution in [0.2, 0.25) is 0 Å². The summed E-state index contributed by atoms with van der Waals surface area (Å²) in [6.45, 7) is 2.94. The van der Waals surface area contributed by atoms with Gasteiger partial charge in [0.1, 0.15) is 17.2 Å². The molecule has 2 nitrogen and oxygen atoms in total. The predicted octanol–water partition coefficient (Wildman–Crippen LogP) is 4.56. The number of hydrogen-bond acceptors (Lipinski definition) is 2. The van der Waals surface area contributed by atoms with Crippen molar-refractivity contribution in [3.63, 3.8) is 0 Å². The summed E-state index contributed by atoms with van der Waals surface area (Å²) in [5.41, 5.74) is 2.39. The lowest BCUT2D eigenvalue weighted by molar-refractivity contribution is 0.303. The van der Waals surface area contributed by atoms with E-state index in [0.717, 1.165) is 48.7 Å². The maximum absolute atomic E-state index is 5.94. The first-order valence-electron chi connectivity index (χ1n) is 6.89. The van der Waals surface area contributed by atoms with E-state index in [0.29, 0.717) is 0 Å². The Morgan fingerprint density at radius 3 is 2.79 bits per heavy atom. The molecule has 2 aromatic carbocycles. The van der Waals surface area contributed by atoms with Gasteiger partial charge >= 0.3 is 0 Å². The monoisotopic (exact) mass is 254 g/mol. The van der Waals surface area contributed by atoms with Gasteiger partial charge in [-0.2, -0.15) is 0 Å². The summed E-state index contributed by atoms with van der Waals surface area (Å²) in [5, 5.41) is 0. The van der Waals surface area contributed by atoms with Gasteiger partial charge in [0.05, 0.1) is 6.61 Å². The fraction of sp³-hybridized carbons (Fsp3) is 0.294. The quantitative estimate of drug-likeness (QED) is 0.635. The number of benzene rings is 2. The lowest BCUT2D eigenvalue weighted by Gasteiger charge is -2.22. The summed E-state index contributed by atoms with van der Waals surface area (Å²) >= 11 is 0. The lowest BCUT2D eigenvalue weighted by atomic mass is 9.99. The number of rotatable bonds is 4. The zero-order valence-electron chi connectivity index (χ0n) is 11.2. The van der Waals surface area contributed by atoms with Crippen molar-refractivity contribution in [3.05, 3.63) is 53.6 Å². The molecular formula is C17H18O2. The van der Waals surface area contributed by atoms with Crippen LogP contribution < -0.4 is 9.47 Å². The molecule has 98 valence electrons. The highest BCUT2D eigenvalue weighted by atomic mass is 16.5. The van der Waals surface area contributed by atoms with Gasteiger partial charge in [-0.1, -0.05) is 37.6 Å². The second-order valence-corrected chi connectivity index (χ2v) is 4.82. The summed E-state index contributed by atoms with van der Waals surface area (Å²) in [6, 6.07) is 14.2. The summed E-state index contributed by atoms with van der Waals surface area (Å²) < 4.78 is 11.8. The zero-order valence-corrected chi connectivity index (χ0v) is 11.2. The molecule has 0 unspecified atom stereocenters. The number of hydrogen-bond donors (Lipinski definition) is 0. The van der Waals surface area contributed by atoms with Gasteiger partial charge in [-0.3, -0.25) is 0 Å². The molecule has 0 bridgehead atoms. The van der Waals surface area contributed by atoms with Crippen LogP contribution in [0, 0.1) is 0 Å². The van der Waals surface area contributed by atoms with Crippen LogP contribution in [0.5, 0.6) is 17.2 Å². The molecule has 0 fully saturated rings. The van der Waals surface area contributed by atoms with Crippen molar-refractivity contribution < 1.29 is 9.47 Å². The molecule has 0 saturated heterocycles. The third kappa shape index (κ3) is 2.43. The number of ether oxygens (including phenoxy) is 2. The maximum Gasteiger partial charge on any atom is 0.134 e. The minimum absolute atomic E-state index is 0.772. The second-order valence-electron chi connectivity index (χ2n) is 4.82. The van der Waals surface area contributed by atoms with Crippen LogP contribution in [0.3, 0.4) is 0 Å². The van der Waals surface area contributed by atoms with Gasteiger partial charge in [-0.25, -0.2) is 0 Å². The summed E-state index contributed by atoms with van der Waals surface area (Å²) in [7, 11) is 0. The van der Waals surface area contributed by atoms with Gasteiger partial charge in [0.2, 0.25) is 0 Å². The van der Waals surface area contributed by atoms with Crippen LogP contribution >= 0.6 is 0 Å². The van der Waals surface area contributed by atoms with E-state index in [9.17, 15) is 0 Å². The molecule has 0 aromatic heterocycles. The fourth-order valence-corrected chi connectivity index (χ4v) is 2.34. The third-order valence-corrected chi connectivity index (χ3v) is 3.41. The van der Waals surface area contributed by atoms with Crippen molar-refractivity contribution in [1.82, 2.24) is 0 Å². The van der Waals surface area contributed by atoms with E-state index in [1.165, 1.54) is 5.56 Å². The number of fused-ring (bicyclic) bond motifs is 2. The molecule has 0 spiro atoms. The smallest absolute Gasteiger partial charge is 0.134 e. The normalized spacial score (nSPS) is 12.3. The molecule has 19 heavy (non-hydrogen) atoms. The van der Waals surface area contributed by atoms with Crippen LogP contribution in [0.25, 0.3) is 0 Å². The summed E-state index contributed by atoms with van der Waals surface area (Å²) in [6.07, 6.45) is 3.11. The predicted molar refractivity (Wildman–Crippen MR) is 76.2 cm³/mol. The van der Waals surface area contributed by atoms with E-state index in [1.54, 1.807) is 0 Å². The Hall–Kier alpha value is -1.96. The van der Waals surface area contributed by atoms with Crippen molar-refractivity contribution in [1.29, 1.82) is 0 Å². The Balaban J connectivity index is 1.88. The lowest BCUT2D eigenvalue weighted by Crippen LogP contribution is -2.06. The van der Waals surface area contributed by atoms with Gasteiger partial charge < -0.3 is 9.47 Å². The highest BCUT2D eigenvalue weighted by molar-refractivity contribution is 5.54. The van der Waals surface area contributed by atoms with Gasteiger partial charge in [-0.05, 0) is 30.2 Å². The molecule has 1 heterocycles. The van der Waals surface area contributed by atoms with E-state index in [2.05, 4.69) is 13.0 Å². The molecular weight excluding hydrogens is 236 g/mol. The molecule has 1 aliphatic rings. The van der Waals surface area contributed by atoms with Crippen molar-refractivity contribution in [2.75, 3.05) is 6.61 Å². The molecule has 0 amide bonds. The highest BCUT2D eigenvalue weighted by Gasteiger charge is 2.19. The summed E-state index contributed by atoms with van der Waals surface area (Å²) in [5.74, 6) is 2.84. The molecule has 0 N–H and O–H groups in total. The maximum atomic E-state index is 5.94. The Labute approximate surface area is 114 Å². The zero-order chi connectivity index (χ0) is 13.1. The van der Waals surface area contributed by atoms with Gasteiger partial charge in [0.15, 0.2) is 0 Å². The van der Waals surface area contributed by atoms with E-state index in [4.69, 9.17) is 9.47 Å².